The number of ether oxygens (including phenoxy) is 1. The third-order valence-electron chi connectivity index (χ3n) is 4.24. The molecule has 1 saturated heterocycles. The van der Waals surface area contributed by atoms with Crippen molar-refractivity contribution in [3.8, 4) is 22.4 Å². The summed E-state index contributed by atoms with van der Waals surface area (Å²) in [5.41, 5.74) is 4.27. The quantitative estimate of drug-likeness (QED) is 0.748. The lowest BCUT2D eigenvalue weighted by atomic mass is 10.0. The van der Waals surface area contributed by atoms with Gasteiger partial charge >= 0.3 is 0 Å². The standard InChI is InChI=1S/C20H18N2O2S/c23-19(18-7-4-12-24-18)22-20-21-17(13-25-20)16-10-8-15(9-11-16)14-5-2-1-3-6-14/h1-3,5-6,8-11,13,18H,4,7,12H2,(H,21,22,23)/t18-/m1/s1. The number of thiazole rings is 1. The third kappa shape index (κ3) is 3.62. The summed E-state index contributed by atoms with van der Waals surface area (Å²) in [6.07, 6.45) is 1.39. The monoisotopic (exact) mass is 350 g/mol. The number of carbonyl (C=O) groups excluding carboxylic acids is 1. The Hall–Kier alpha value is -2.50. The van der Waals surface area contributed by atoms with Crippen molar-refractivity contribution >= 4 is 22.4 Å². The van der Waals surface area contributed by atoms with Gasteiger partial charge in [-0.05, 0) is 24.0 Å². The minimum absolute atomic E-state index is 0.0992. The van der Waals surface area contributed by atoms with E-state index in [1.165, 1.54) is 22.5 Å². The van der Waals surface area contributed by atoms with E-state index in [0.717, 1.165) is 24.1 Å². The Morgan fingerprint density at radius 2 is 1.76 bits per heavy atom. The van der Waals surface area contributed by atoms with Gasteiger partial charge < -0.3 is 4.74 Å². The van der Waals surface area contributed by atoms with Gasteiger partial charge in [0.05, 0.1) is 5.69 Å². The van der Waals surface area contributed by atoms with E-state index in [9.17, 15) is 4.79 Å². The van der Waals surface area contributed by atoms with Crippen molar-refractivity contribution in [3.63, 3.8) is 0 Å². The number of hydrogen-bond acceptors (Lipinski definition) is 4. The highest BCUT2D eigenvalue weighted by Crippen LogP contribution is 2.28. The van der Waals surface area contributed by atoms with E-state index in [-0.39, 0.29) is 12.0 Å². The molecule has 1 fully saturated rings. The van der Waals surface area contributed by atoms with Crippen molar-refractivity contribution in [2.75, 3.05) is 11.9 Å². The lowest BCUT2D eigenvalue weighted by Gasteiger charge is -2.07. The van der Waals surface area contributed by atoms with Gasteiger partial charge in [-0.25, -0.2) is 4.98 Å². The van der Waals surface area contributed by atoms with Crippen LogP contribution in [-0.2, 0) is 9.53 Å². The average molecular weight is 350 g/mol. The first-order valence-corrected chi connectivity index (χ1v) is 9.21. The number of nitrogens with zero attached hydrogens (tertiary/aromatic N) is 1. The van der Waals surface area contributed by atoms with Crippen LogP contribution in [0, 0.1) is 0 Å². The van der Waals surface area contributed by atoms with E-state index in [2.05, 4.69) is 46.7 Å². The minimum Gasteiger partial charge on any atom is -0.368 e. The molecule has 2 heterocycles. The van der Waals surface area contributed by atoms with Crippen molar-refractivity contribution in [1.82, 2.24) is 4.98 Å². The Bertz CT molecular complexity index is 853. The highest BCUT2D eigenvalue weighted by molar-refractivity contribution is 7.14. The minimum atomic E-state index is -0.336. The molecule has 4 rings (SSSR count). The predicted octanol–water partition coefficient (Wildman–Crippen LogP) is 4.59. The molecule has 0 saturated carbocycles. The molecular formula is C20H18N2O2S. The molecule has 1 aliphatic rings. The van der Waals surface area contributed by atoms with Crippen LogP contribution >= 0.6 is 11.3 Å². The van der Waals surface area contributed by atoms with Gasteiger partial charge in [0.1, 0.15) is 6.10 Å². The van der Waals surface area contributed by atoms with Crippen molar-refractivity contribution in [3.05, 3.63) is 60.0 Å². The molecule has 2 aromatic carbocycles. The molecule has 1 aromatic heterocycles. The molecule has 0 unspecified atom stereocenters. The second-order valence-electron chi connectivity index (χ2n) is 5.97. The smallest absolute Gasteiger partial charge is 0.255 e. The van der Waals surface area contributed by atoms with Crippen molar-refractivity contribution in [2.24, 2.45) is 0 Å². The summed E-state index contributed by atoms with van der Waals surface area (Å²) in [6.45, 7) is 0.662. The molecule has 3 aromatic rings. The number of rotatable bonds is 4. The molecule has 1 atom stereocenters. The van der Waals surface area contributed by atoms with Crippen LogP contribution in [0.4, 0.5) is 5.13 Å². The predicted molar refractivity (Wildman–Crippen MR) is 101 cm³/mol. The Morgan fingerprint density at radius 1 is 1.04 bits per heavy atom. The van der Waals surface area contributed by atoms with E-state index in [0.29, 0.717) is 11.7 Å². The maximum Gasteiger partial charge on any atom is 0.255 e. The van der Waals surface area contributed by atoms with E-state index < -0.39 is 0 Å². The SMILES string of the molecule is O=C(Nc1nc(-c2ccc(-c3ccccc3)cc2)cs1)[C@H]1CCCO1. The van der Waals surface area contributed by atoms with Gasteiger partial charge in [0.15, 0.2) is 5.13 Å². The van der Waals surface area contributed by atoms with Crippen LogP contribution in [0.3, 0.4) is 0 Å². The fourth-order valence-corrected chi connectivity index (χ4v) is 3.62. The number of nitrogens with one attached hydrogen (secondary N) is 1. The molecule has 5 heteroatoms. The maximum atomic E-state index is 12.1. The van der Waals surface area contributed by atoms with E-state index in [1.54, 1.807) is 0 Å². The normalized spacial score (nSPS) is 16.7. The number of anilines is 1. The molecular weight excluding hydrogens is 332 g/mol. The topological polar surface area (TPSA) is 51.2 Å². The highest BCUT2D eigenvalue weighted by atomic mass is 32.1. The van der Waals surface area contributed by atoms with Crippen LogP contribution in [0.25, 0.3) is 22.4 Å². The molecule has 126 valence electrons. The van der Waals surface area contributed by atoms with E-state index in [4.69, 9.17) is 4.74 Å². The maximum absolute atomic E-state index is 12.1. The fraction of sp³-hybridized carbons (Fsp3) is 0.200. The molecule has 0 aliphatic carbocycles. The van der Waals surface area contributed by atoms with Crippen LogP contribution in [-0.4, -0.2) is 23.6 Å². The molecule has 1 amide bonds. The summed E-state index contributed by atoms with van der Waals surface area (Å²) in [5, 5.41) is 5.43. The third-order valence-corrected chi connectivity index (χ3v) is 5.00. The zero-order chi connectivity index (χ0) is 17.1. The zero-order valence-corrected chi connectivity index (χ0v) is 14.5. The van der Waals surface area contributed by atoms with Crippen LogP contribution in [0.5, 0.6) is 0 Å². The van der Waals surface area contributed by atoms with Crippen LogP contribution in [0.15, 0.2) is 60.0 Å². The zero-order valence-electron chi connectivity index (χ0n) is 13.6. The summed E-state index contributed by atoms with van der Waals surface area (Å²) >= 11 is 1.43. The van der Waals surface area contributed by atoms with Gasteiger partial charge in [0.2, 0.25) is 0 Å². The molecule has 1 aliphatic heterocycles. The van der Waals surface area contributed by atoms with Crippen LogP contribution in [0.2, 0.25) is 0 Å². The second-order valence-corrected chi connectivity index (χ2v) is 6.83. The Labute approximate surface area is 150 Å². The van der Waals surface area contributed by atoms with Crippen molar-refractivity contribution in [1.29, 1.82) is 0 Å². The molecule has 4 nitrogen and oxygen atoms in total. The van der Waals surface area contributed by atoms with E-state index in [1.807, 2.05) is 23.6 Å². The summed E-state index contributed by atoms with van der Waals surface area (Å²) in [5.74, 6) is -0.0992. The second kappa shape index (κ2) is 7.17. The van der Waals surface area contributed by atoms with Crippen molar-refractivity contribution in [2.45, 2.75) is 18.9 Å². The molecule has 0 spiro atoms. The summed E-state index contributed by atoms with van der Waals surface area (Å²) in [6, 6.07) is 18.6. The average Bonchev–Trinajstić information content (AvgIpc) is 3.35. The Kier molecular flexibility index (Phi) is 4.59. The first kappa shape index (κ1) is 16.0. The van der Waals surface area contributed by atoms with Gasteiger partial charge in [-0.2, -0.15) is 0 Å². The number of amides is 1. The van der Waals surface area contributed by atoms with Crippen LogP contribution < -0.4 is 5.32 Å². The number of hydrogen-bond donors (Lipinski definition) is 1. The largest absolute Gasteiger partial charge is 0.368 e. The Balaban J connectivity index is 1.47. The Morgan fingerprint density at radius 3 is 2.48 bits per heavy atom. The first-order chi connectivity index (χ1) is 12.3. The lowest BCUT2D eigenvalue weighted by molar-refractivity contribution is -0.124. The van der Waals surface area contributed by atoms with Gasteiger partial charge in [0, 0.05) is 17.6 Å². The van der Waals surface area contributed by atoms with Gasteiger partial charge in [0.25, 0.3) is 5.91 Å². The lowest BCUT2D eigenvalue weighted by Crippen LogP contribution is -2.26. The summed E-state index contributed by atoms with van der Waals surface area (Å²) < 4.78 is 5.40. The highest BCUT2D eigenvalue weighted by Gasteiger charge is 2.24. The number of benzene rings is 2. The number of aromatic nitrogens is 1. The summed E-state index contributed by atoms with van der Waals surface area (Å²) in [7, 11) is 0. The molecule has 0 bridgehead atoms. The van der Waals surface area contributed by atoms with Gasteiger partial charge in [-0.15, -0.1) is 11.3 Å². The van der Waals surface area contributed by atoms with Gasteiger partial charge in [-0.3, -0.25) is 10.1 Å². The fourth-order valence-electron chi connectivity index (χ4n) is 2.90. The first-order valence-electron chi connectivity index (χ1n) is 8.33. The van der Waals surface area contributed by atoms with Crippen LogP contribution in [0.1, 0.15) is 12.8 Å². The summed E-state index contributed by atoms with van der Waals surface area (Å²) in [4.78, 5) is 16.6. The van der Waals surface area contributed by atoms with Crippen molar-refractivity contribution < 1.29 is 9.53 Å². The van der Waals surface area contributed by atoms with E-state index >= 15 is 0 Å². The number of carbonyl (C=O) groups is 1. The molecule has 1 N–H and O–H groups in total. The molecule has 0 radical (unpaired) electrons. The van der Waals surface area contributed by atoms with Gasteiger partial charge in [-0.1, -0.05) is 54.6 Å². The molecule has 25 heavy (non-hydrogen) atoms.